The molecule has 7 heteroatoms. The average Bonchev–Trinajstić information content (AvgIpc) is 2.76. The predicted octanol–water partition coefficient (Wildman–Crippen LogP) is 5.19. The van der Waals surface area contributed by atoms with Gasteiger partial charge in [0, 0.05) is 16.5 Å². The Kier molecular flexibility index (Phi) is 4.51. The molecule has 1 aliphatic carbocycles. The van der Waals surface area contributed by atoms with E-state index in [0.717, 1.165) is 34.9 Å². The summed E-state index contributed by atoms with van der Waals surface area (Å²) in [6.07, 6.45) is -3.51. The molecule has 0 N–H and O–H groups in total. The number of hydrogen-bond acceptors (Lipinski definition) is 3. The minimum atomic E-state index is -4.40. The maximum Gasteiger partial charge on any atom is 0.416 e. The van der Waals surface area contributed by atoms with Crippen LogP contribution in [-0.2, 0) is 19.0 Å². The lowest BCUT2D eigenvalue weighted by Crippen LogP contribution is -2.26. The number of pyridine rings is 1. The molecule has 5 rings (SSSR count). The fourth-order valence-electron chi connectivity index (χ4n) is 4.30. The molecular weight excluding hydrogens is 422 g/mol. The molecule has 0 saturated carbocycles. The molecule has 1 aliphatic rings. The van der Waals surface area contributed by atoms with Gasteiger partial charge in [0.2, 0.25) is 0 Å². The summed E-state index contributed by atoms with van der Waals surface area (Å²) in [6, 6.07) is 14.2. The van der Waals surface area contributed by atoms with Gasteiger partial charge in [0.15, 0.2) is 0 Å². The molecule has 160 valence electrons. The first-order valence-corrected chi connectivity index (χ1v) is 9.87. The van der Waals surface area contributed by atoms with Crippen LogP contribution in [0.25, 0.3) is 33.3 Å². The third kappa shape index (κ3) is 3.30. The van der Waals surface area contributed by atoms with Gasteiger partial charge < -0.3 is 9.90 Å². The molecule has 0 amide bonds. The zero-order chi connectivity index (χ0) is 22.6. The van der Waals surface area contributed by atoms with Gasteiger partial charge in [-0.25, -0.2) is 9.37 Å². The minimum Gasteiger partial charge on any atom is -0.545 e. The largest absolute Gasteiger partial charge is 0.545 e. The van der Waals surface area contributed by atoms with Crippen molar-refractivity contribution < 1.29 is 27.5 Å². The van der Waals surface area contributed by atoms with Crippen molar-refractivity contribution in [3.05, 3.63) is 88.7 Å². The van der Waals surface area contributed by atoms with Gasteiger partial charge in [-0.3, -0.25) is 0 Å². The molecule has 0 aliphatic heterocycles. The number of halogens is 4. The molecule has 0 atom stereocenters. The lowest BCUT2D eigenvalue weighted by Gasteiger charge is -2.24. The van der Waals surface area contributed by atoms with Gasteiger partial charge in [-0.1, -0.05) is 30.3 Å². The normalized spacial score (nSPS) is 13.0. The van der Waals surface area contributed by atoms with Gasteiger partial charge in [-0.05, 0) is 65.4 Å². The number of alkyl halides is 3. The average molecular weight is 436 g/mol. The first kappa shape index (κ1) is 20.2. The number of benzene rings is 3. The van der Waals surface area contributed by atoms with Gasteiger partial charge in [0.25, 0.3) is 0 Å². The summed E-state index contributed by atoms with van der Waals surface area (Å²) in [6.45, 7) is 0. The van der Waals surface area contributed by atoms with E-state index in [1.54, 1.807) is 12.1 Å². The number of aromatic carboxylic acids is 1. The van der Waals surface area contributed by atoms with E-state index in [-0.39, 0.29) is 10.9 Å². The van der Waals surface area contributed by atoms with Crippen LogP contribution in [0, 0.1) is 5.82 Å². The lowest BCUT2D eigenvalue weighted by molar-refractivity contribution is -0.254. The third-order valence-electron chi connectivity index (χ3n) is 5.80. The maximum atomic E-state index is 13.7. The molecule has 0 bridgehead atoms. The van der Waals surface area contributed by atoms with Gasteiger partial charge in [-0.2, -0.15) is 13.2 Å². The zero-order valence-corrected chi connectivity index (χ0v) is 16.5. The van der Waals surface area contributed by atoms with Crippen molar-refractivity contribution in [1.82, 2.24) is 4.98 Å². The molecule has 1 heterocycles. The Balaban J connectivity index is 1.63. The number of carbonyl (C=O) groups excluding carboxylic acids is 1. The van der Waals surface area contributed by atoms with Crippen molar-refractivity contribution in [2.24, 2.45) is 0 Å². The topological polar surface area (TPSA) is 53.0 Å². The summed E-state index contributed by atoms with van der Waals surface area (Å²) >= 11 is 0. The van der Waals surface area contributed by atoms with Crippen molar-refractivity contribution in [3.8, 4) is 22.4 Å². The number of carbonyl (C=O) groups is 1. The number of aromatic nitrogens is 1. The van der Waals surface area contributed by atoms with E-state index in [0.29, 0.717) is 35.2 Å². The number of carboxylic acid groups (broad SMARTS) is 1. The molecule has 0 spiro atoms. The summed E-state index contributed by atoms with van der Waals surface area (Å²) in [5.74, 6) is -1.94. The second-order valence-corrected chi connectivity index (χ2v) is 7.71. The highest BCUT2D eigenvalue weighted by atomic mass is 19.4. The number of hydrogen-bond donors (Lipinski definition) is 0. The Morgan fingerprint density at radius 2 is 1.62 bits per heavy atom. The SMILES string of the molecule is O=C([O-])c1c2c(nc3ccc(F)cc13)-c1ccc(-c3ccc(C(F)(F)F)cc3)cc1CC2. The first-order chi connectivity index (χ1) is 15.2. The van der Waals surface area contributed by atoms with E-state index < -0.39 is 23.5 Å². The van der Waals surface area contributed by atoms with E-state index >= 15 is 0 Å². The number of carboxylic acids is 1. The van der Waals surface area contributed by atoms with E-state index in [1.165, 1.54) is 24.3 Å². The summed E-state index contributed by atoms with van der Waals surface area (Å²) in [5, 5.41) is 12.1. The molecule has 32 heavy (non-hydrogen) atoms. The molecule has 0 unspecified atom stereocenters. The molecule has 0 radical (unpaired) electrons. The second-order valence-electron chi connectivity index (χ2n) is 7.71. The van der Waals surface area contributed by atoms with Crippen LogP contribution in [0.2, 0.25) is 0 Å². The Morgan fingerprint density at radius 1 is 0.906 bits per heavy atom. The van der Waals surface area contributed by atoms with Crippen LogP contribution in [0.1, 0.15) is 27.0 Å². The van der Waals surface area contributed by atoms with Crippen LogP contribution >= 0.6 is 0 Å². The molecular formula is C25H14F4NO2-. The van der Waals surface area contributed by atoms with Crippen molar-refractivity contribution in [1.29, 1.82) is 0 Å². The van der Waals surface area contributed by atoms with Crippen LogP contribution < -0.4 is 5.11 Å². The highest BCUT2D eigenvalue weighted by Gasteiger charge is 2.30. The Morgan fingerprint density at radius 3 is 2.31 bits per heavy atom. The number of rotatable bonds is 2. The van der Waals surface area contributed by atoms with Crippen molar-refractivity contribution in [2.75, 3.05) is 0 Å². The van der Waals surface area contributed by atoms with Crippen LogP contribution in [0.15, 0.2) is 60.7 Å². The van der Waals surface area contributed by atoms with E-state index in [4.69, 9.17) is 0 Å². The summed E-state index contributed by atoms with van der Waals surface area (Å²) < 4.78 is 52.3. The summed E-state index contributed by atoms with van der Waals surface area (Å²) in [7, 11) is 0. The van der Waals surface area contributed by atoms with E-state index in [1.807, 2.05) is 6.07 Å². The highest BCUT2D eigenvalue weighted by molar-refractivity contribution is 6.05. The Bertz CT molecular complexity index is 1390. The van der Waals surface area contributed by atoms with Crippen LogP contribution in [-0.4, -0.2) is 11.0 Å². The van der Waals surface area contributed by atoms with Crippen molar-refractivity contribution in [2.45, 2.75) is 19.0 Å². The standard InChI is InChI=1S/C25H15F4NO2/c26-17-7-10-21-20(12-17)22(24(31)32)19-9-4-15-11-14(3-8-18(15)23(19)30-21)13-1-5-16(6-2-13)25(27,28)29/h1-3,5-8,10-12H,4,9H2,(H,31,32)/p-1. The van der Waals surface area contributed by atoms with Crippen molar-refractivity contribution >= 4 is 16.9 Å². The lowest BCUT2D eigenvalue weighted by atomic mass is 9.84. The fourth-order valence-corrected chi connectivity index (χ4v) is 4.30. The summed E-state index contributed by atoms with van der Waals surface area (Å²) in [4.78, 5) is 16.5. The highest BCUT2D eigenvalue weighted by Crippen LogP contribution is 2.39. The second kappa shape index (κ2) is 7.15. The quantitative estimate of drug-likeness (QED) is 0.407. The minimum absolute atomic E-state index is 0.0537. The summed E-state index contributed by atoms with van der Waals surface area (Å²) in [5.41, 5.74) is 3.64. The first-order valence-electron chi connectivity index (χ1n) is 9.87. The van der Waals surface area contributed by atoms with Gasteiger partial charge in [0.05, 0.1) is 22.7 Å². The third-order valence-corrected chi connectivity index (χ3v) is 5.80. The number of aryl methyl sites for hydroxylation is 1. The molecule has 0 saturated heterocycles. The Hall–Kier alpha value is -3.74. The van der Waals surface area contributed by atoms with Gasteiger partial charge in [-0.15, -0.1) is 0 Å². The van der Waals surface area contributed by atoms with Gasteiger partial charge in [0.1, 0.15) is 5.82 Å². The molecule has 4 aromatic rings. The maximum absolute atomic E-state index is 13.7. The smallest absolute Gasteiger partial charge is 0.416 e. The fraction of sp³-hybridized carbons (Fsp3) is 0.120. The Labute approximate surface area is 180 Å². The van der Waals surface area contributed by atoms with Crippen molar-refractivity contribution in [3.63, 3.8) is 0 Å². The monoisotopic (exact) mass is 436 g/mol. The van der Waals surface area contributed by atoms with E-state index in [9.17, 15) is 27.5 Å². The zero-order valence-electron chi connectivity index (χ0n) is 16.5. The van der Waals surface area contributed by atoms with Gasteiger partial charge >= 0.3 is 6.18 Å². The molecule has 3 nitrogen and oxygen atoms in total. The van der Waals surface area contributed by atoms with Crippen LogP contribution in [0.5, 0.6) is 0 Å². The molecule has 3 aromatic carbocycles. The predicted molar refractivity (Wildman–Crippen MR) is 109 cm³/mol. The van der Waals surface area contributed by atoms with Crippen LogP contribution in [0.3, 0.4) is 0 Å². The number of nitrogens with zero attached hydrogens (tertiary/aromatic N) is 1. The van der Waals surface area contributed by atoms with E-state index in [2.05, 4.69) is 4.98 Å². The number of fused-ring (bicyclic) bond motifs is 4. The molecule has 0 fully saturated rings. The van der Waals surface area contributed by atoms with Crippen LogP contribution in [0.4, 0.5) is 17.6 Å². The molecule has 1 aromatic heterocycles.